The molecule has 2 aliphatic heterocycles. The molecule has 1 aliphatic carbocycles. The molecule has 11 nitrogen and oxygen atoms in total. The fraction of sp³-hybridized carbons (Fsp3) is 0.412. The van der Waals surface area contributed by atoms with Crippen molar-refractivity contribution in [1.29, 1.82) is 0 Å². The van der Waals surface area contributed by atoms with Gasteiger partial charge in [0, 0.05) is 32.1 Å². The normalized spacial score (nSPS) is 22.5. The van der Waals surface area contributed by atoms with Gasteiger partial charge in [-0.1, -0.05) is 30.3 Å². The van der Waals surface area contributed by atoms with Crippen LogP contribution < -0.4 is 27.0 Å². The number of fused-ring (bicyclic) bond motifs is 2. The Hall–Kier alpha value is -3.97. The Kier molecular flexibility index (Phi) is 9.06. The number of nitrogens with zero attached hydrogens (tertiary/aromatic N) is 1. The molecule has 3 aromatic carbocycles. The van der Waals surface area contributed by atoms with Crippen molar-refractivity contribution in [3.63, 3.8) is 0 Å². The lowest BCUT2D eigenvalue weighted by molar-refractivity contribution is -0.130. The Morgan fingerprint density at radius 3 is 2.33 bits per heavy atom. The molecular formula is C34H42N6O5S. The Labute approximate surface area is 270 Å². The topological polar surface area (TPSA) is 158 Å². The summed E-state index contributed by atoms with van der Waals surface area (Å²) in [5.74, 6) is -0.137. The van der Waals surface area contributed by atoms with Crippen molar-refractivity contribution in [1.82, 2.24) is 9.62 Å². The maximum atomic E-state index is 13.7. The van der Waals surface area contributed by atoms with Gasteiger partial charge in [-0.3, -0.25) is 9.59 Å². The number of nitrogens with two attached hydrogens (primary N) is 1. The molecule has 1 saturated heterocycles. The number of carbonyl (C=O) groups excluding carboxylic acids is 2. The van der Waals surface area contributed by atoms with Gasteiger partial charge in [0.05, 0.1) is 16.3 Å². The molecule has 3 unspecified atom stereocenters. The van der Waals surface area contributed by atoms with Gasteiger partial charge in [-0.25, -0.2) is 12.7 Å². The van der Waals surface area contributed by atoms with Gasteiger partial charge in [-0.15, -0.1) is 0 Å². The van der Waals surface area contributed by atoms with E-state index in [1.807, 2.05) is 49.4 Å². The number of carbonyl (C=O) groups is 2. The smallest absolute Gasteiger partial charge is 0.247 e. The molecule has 6 N–H and O–H groups in total. The van der Waals surface area contributed by atoms with Gasteiger partial charge < -0.3 is 31.7 Å². The standard InChI is InChI=1S/C34H42N6O5S/c1-20-4-14-26(46(43,44)40(2)3)18-27(20)23-9-5-21(6-10-23)16-30(37-31(41)24-11-7-22(19-35)8-12-24)32(42)36-25-13-15-28-29(17-25)39-34-33(38-28)45-34/h4-6,9-10,13-15,17-18,22,24,30,33-34,38-39H,7-8,11-12,16,19,35H2,1-3H3,(H,36,42)(H,37,41). The van der Waals surface area contributed by atoms with Crippen LogP contribution in [0.4, 0.5) is 17.1 Å². The first-order valence-electron chi connectivity index (χ1n) is 15.8. The largest absolute Gasteiger partial charge is 0.355 e. The van der Waals surface area contributed by atoms with Crippen molar-refractivity contribution < 1.29 is 22.7 Å². The number of ether oxygens (including phenoxy) is 1. The van der Waals surface area contributed by atoms with Crippen molar-refractivity contribution in [3.8, 4) is 11.1 Å². The second-order valence-corrected chi connectivity index (χ2v) is 14.8. The highest BCUT2D eigenvalue weighted by Crippen LogP contribution is 2.38. The Balaban J connectivity index is 1.20. The van der Waals surface area contributed by atoms with Crippen LogP contribution in [0.5, 0.6) is 0 Å². The van der Waals surface area contributed by atoms with Crippen molar-refractivity contribution in [2.75, 3.05) is 36.6 Å². The van der Waals surface area contributed by atoms with E-state index in [1.165, 1.54) is 18.4 Å². The van der Waals surface area contributed by atoms with Gasteiger partial charge in [-0.2, -0.15) is 0 Å². The molecular weight excluding hydrogens is 604 g/mol. The van der Waals surface area contributed by atoms with Crippen LogP contribution in [0.15, 0.2) is 65.6 Å². The molecule has 3 aromatic rings. The minimum Gasteiger partial charge on any atom is -0.355 e. The van der Waals surface area contributed by atoms with E-state index >= 15 is 0 Å². The van der Waals surface area contributed by atoms with E-state index < -0.39 is 16.1 Å². The number of rotatable bonds is 10. The molecule has 2 fully saturated rings. The molecule has 244 valence electrons. The van der Waals surface area contributed by atoms with Gasteiger partial charge in [0.25, 0.3) is 0 Å². The number of epoxide rings is 1. The van der Waals surface area contributed by atoms with Crippen LogP contribution in [0.2, 0.25) is 0 Å². The number of hydrogen-bond donors (Lipinski definition) is 5. The number of hydrogen-bond acceptors (Lipinski definition) is 8. The molecule has 0 aromatic heterocycles. The predicted octanol–water partition coefficient (Wildman–Crippen LogP) is 3.86. The molecule has 12 heteroatoms. The van der Waals surface area contributed by atoms with Gasteiger partial charge in [-0.05, 0) is 97.7 Å². The zero-order valence-corrected chi connectivity index (χ0v) is 27.2. The van der Waals surface area contributed by atoms with E-state index in [0.717, 1.165) is 59.3 Å². The minimum atomic E-state index is -3.59. The molecule has 2 heterocycles. The first kappa shape index (κ1) is 32.0. The molecule has 46 heavy (non-hydrogen) atoms. The van der Waals surface area contributed by atoms with E-state index in [9.17, 15) is 18.0 Å². The van der Waals surface area contributed by atoms with Crippen LogP contribution in [0.3, 0.4) is 0 Å². The fourth-order valence-corrected chi connectivity index (χ4v) is 7.16. The molecule has 3 atom stereocenters. The average Bonchev–Trinajstić information content (AvgIpc) is 3.82. The molecule has 6 rings (SSSR count). The van der Waals surface area contributed by atoms with Crippen molar-refractivity contribution in [2.45, 2.75) is 62.4 Å². The van der Waals surface area contributed by atoms with Crippen LogP contribution in [0.25, 0.3) is 11.1 Å². The summed E-state index contributed by atoms with van der Waals surface area (Å²) in [6.45, 7) is 2.57. The average molecular weight is 647 g/mol. The quantitative estimate of drug-likeness (QED) is 0.208. The second-order valence-electron chi connectivity index (χ2n) is 12.7. The number of nitrogens with one attached hydrogen (secondary N) is 4. The number of benzene rings is 3. The summed E-state index contributed by atoms with van der Waals surface area (Å²) >= 11 is 0. The van der Waals surface area contributed by atoms with Crippen LogP contribution in [0.1, 0.15) is 36.8 Å². The SMILES string of the molecule is Cc1ccc(S(=O)(=O)N(C)C)cc1-c1ccc(CC(NC(=O)C2CCC(CN)CC2)C(=O)Nc2ccc3c(c2)NC2OC2N3)cc1. The maximum Gasteiger partial charge on any atom is 0.247 e. The number of amides is 2. The zero-order valence-electron chi connectivity index (χ0n) is 26.4. The van der Waals surface area contributed by atoms with E-state index in [2.05, 4.69) is 21.3 Å². The number of anilines is 3. The first-order valence-corrected chi connectivity index (χ1v) is 17.2. The van der Waals surface area contributed by atoms with Crippen molar-refractivity contribution in [2.24, 2.45) is 17.6 Å². The summed E-state index contributed by atoms with van der Waals surface area (Å²) in [6, 6.07) is 17.5. The third kappa shape index (κ3) is 6.90. The summed E-state index contributed by atoms with van der Waals surface area (Å²) in [4.78, 5) is 27.4. The lowest BCUT2D eigenvalue weighted by Gasteiger charge is -2.28. The third-order valence-electron chi connectivity index (χ3n) is 9.25. The number of sulfonamides is 1. The molecule has 0 bridgehead atoms. The van der Waals surface area contributed by atoms with Crippen molar-refractivity contribution in [3.05, 3.63) is 71.8 Å². The molecule has 0 spiro atoms. The number of aryl methyl sites for hydroxylation is 1. The Bertz CT molecular complexity index is 1720. The predicted molar refractivity (Wildman–Crippen MR) is 179 cm³/mol. The van der Waals surface area contributed by atoms with E-state index in [0.29, 0.717) is 18.2 Å². The fourth-order valence-electron chi connectivity index (χ4n) is 6.23. The minimum absolute atomic E-state index is 0.0298. The monoisotopic (exact) mass is 646 g/mol. The molecule has 0 radical (unpaired) electrons. The van der Waals surface area contributed by atoms with Gasteiger partial charge in [0.2, 0.25) is 21.8 Å². The third-order valence-corrected chi connectivity index (χ3v) is 11.1. The van der Waals surface area contributed by atoms with Crippen molar-refractivity contribution >= 4 is 38.9 Å². The van der Waals surface area contributed by atoms with E-state index in [1.54, 1.807) is 18.2 Å². The first-order chi connectivity index (χ1) is 22.0. The van der Waals surface area contributed by atoms with Crippen LogP contribution in [-0.2, 0) is 30.8 Å². The van der Waals surface area contributed by atoms with Gasteiger partial charge >= 0.3 is 0 Å². The summed E-state index contributed by atoms with van der Waals surface area (Å²) in [7, 11) is -0.565. The lowest BCUT2D eigenvalue weighted by atomic mass is 9.81. The summed E-state index contributed by atoms with van der Waals surface area (Å²) in [5.41, 5.74) is 11.7. The summed E-state index contributed by atoms with van der Waals surface area (Å²) in [5, 5.41) is 12.6. The molecule has 2 amide bonds. The summed E-state index contributed by atoms with van der Waals surface area (Å²) < 4.78 is 32.2. The van der Waals surface area contributed by atoms with Gasteiger partial charge in [0.15, 0.2) is 12.5 Å². The second kappa shape index (κ2) is 13.0. The highest BCUT2D eigenvalue weighted by molar-refractivity contribution is 7.89. The maximum absolute atomic E-state index is 13.7. The summed E-state index contributed by atoms with van der Waals surface area (Å²) in [6.07, 6.45) is 3.51. The Morgan fingerprint density at radius 1 is 0.957 bits per heavy atom. The van der Waals surface area contributed by atoms with Gasteiger partial charge in [0.1, 0.15) is 6.04 Å². The molecule has 3 aliphatic rings. The van der Waals surface area contributed by atoms with E-state index in [4.69, 9.17) is 10.5 Å². The van der Waals surface area contributed by atoms with E-state index in [-0.39, 0.29) is 41.5 Å². The van der Waals surface area contributed by atoms with Crippen LogP contribution in [-0.4, -0.2) is 63.7 Å². The van der Waals surface area contributed by atoms with Crippen LogP contribution in [0, 0.1) is 18.8 Å². The highest BCUT2D eigenvalue weighted by Gasteiger charge is 2.43. The lowest BCUT2D eigenvalue weighted by Crippen LogP contribution is -2.48. The molecule has 1 saturated carbocycles. The Morgan fingerprint density at radius 2 is 1.65 bits per heavy atom. The van der Waals surface area contributed by atoms with Crippen LogP contribution >= 0.6 is 0 Å². The highest BCUT2D eigenvalue weighted by atomic mass is 32.2. The zero-order chi connectivity index (χ0) is 32.6.